The van der Waals surface area contributed by atoms with Gasteiger partial charge in [0, 0.05) is 0 Å². The minimum Gasteiger partial charge on any atom is -0.222 e. The van der Waals surface area contributed by atoms with Gasteiger partial charge < -0.3 is 0 Å². The molecule has 0 spiro atoms. The molecule has 0 bridgehead atoms. The van der Waals surface area contributed by atoms with Gasteiger partial charge in [0.25, 0.3) is 0 Å². The van der Waals surface area contributed by atoms with Crippen LogP contribution in [0.3, 0.4) is 0 Å². The van der Waals surface area contributed by atoms with Gasteiger partial charge in [-0.3, -0.25) is 0 Å². The van der Waals surface area contributed by atoms with Crippen molar-refractivity contribution in [2.24, 2.45) is 10.3 Å². The molecule has 1 aliphatic rings. The van der Waals surface area contributed by atoms with E-state index in [0.717, 1.165) is 0 Å². The number of halogens is 3. The normalized spacial score (nSPS) is 18.7. The van der Waals surface area contributed by atoms with E-state index in [0.29, 0.717) is 0 Å². The second kappa shape index (κ2) is 6.93. The van der Waals surface area contributed by atoms with Gasteiger partial charge in [-0.1, -0.05) is 53.0 Å². The maximum Gasteiger partial charge on any atom is 0.387 e. The molecule has 2 amide bonds. The van der Waals surface area contributed by atoms with E-state index in [1.165, 1.54) is 30.6 Å². The Morgan fingerprint density at radius 1 is 0.880 bits per heavy atom. The van der Waals surface area contributed by atoms with Crippen molar-refractivity contribution >= 4 is 46.6 Å². The fourth-order valence-corrected chi connectivity index (χ4v) is 3.09. The van der Waals surface area contributed by atoms with Crippen LogP contribution in [0.15, 0.2) is 65.2 Å². The van der Waals surface area contributed by atoms with Crippen molar-refractivity contribution < 1.29 is 14.2 Å². The van der Waals surface area contributed by atoms with Gasteiger partial charge >= 0.3 is 11.8 Å². The molecule has 1 N–H and O–H groups in total. The summed E-state index contributed by atoms with van der Waals surface area (Å²) in [5, 5.41) is 7.63. The van der Waals surface area contributed by atoms with Crippen molar-refractivity contribution in [1.29, 1.82) is 0 Å². The maximum atomic E-state index is 13.2. The summed E-state index contributed by atoms with van der Waals surface area (Å²) >= 11 is 18.4. The van der Waals surface area contributed by atoms with E-state index in [2.05, 4.69) is 15.9 Å². The predicted molar refractivity (Wildman–Crippen MR) is 94.0 cm³/mol. The molecule has 0 aliphatic carbocycles. The van der Waals surface area contributed by atoms with Gasteiger partial charge in [-0.05, 0) is 34.1 Å². The Kier molecular flexibility index (Phi) is 4.87. The second-order valence-corrected chi connectivity index (χ2v) is 6.24. The molecule has 126 valence electrons. The summed E-state index contributed by atoms with van der Waals surface area (Å²) in [5.41, 5.74) is 2.57. The van der Waals surface area contributed by atoms with Crippen molar-refractivity contribution in [2.75, 3.05) is 0 Å². The molecule has 2 aromatic carbocycles. The molecular weight excluding hydrogens is 387 g/mol. The molecule has 0 saturated carbocycles. The summed E-state index contributed by atoms with van der Waals surface area (Å²) in [7, 11) is 0. The number of carbonyl (C=O) groups excluding carboxylic acids is 2. The molecular formula is C16H10Cl3N4O2+. The topological polar surface area (TPSA) is 70.9 Å². The highest BCUT2D eigenvalue weighted by molar-refractivity contribution is 6.39. The van der Waals surface area contributed by atoms with E-state index >= 15 is 0 Å². The summed E-state index contributed by atoms with van der Waals surface area (Å²) in [6.07, 6.45) is 2.48. The molecule has 1 aliphatic heterocycles. The first-order valence-electron chi connectivity index (χ1n) is 6.99. The highest BCUT2D eigenvalue weighted by Gasteiger charge is 2.49. The Balaban J connectivity index is 2.17. The molecule has 0 aromatic heterocycles. The van der Waals surface area contributed by atoms with Gasteiger partial charge in [0.2, 0.25) is 0 Å². The zero-order chi connectivity index (χ0) is 18.0. The highest BCUT2D eigenvalue weighted by Crippen LogP contribution is 2.31. The van der Waals surface area contributed by atoms with E-state index in [1.54, 1.807) is 24.3 Å². The number of hydrogen-bond acceptors (Lipinski definition) is 5. The molecule has 0 radical (unpaired) electrons. The third-order valence-corrected chi connectivity index (χ3v) is 4.50. The average molecular weight is 397 g/mol. The molecule has 2 aromatic rings. The Morgan fingerprint density at radius 2 is 1.52 bits per heavy atom. The SMILES string of the molecule is O=C(c1ccccc1Cl)[N+]1(C(=O)c2c(Cl)cccc2Cl)C=CN=NN1. The van der Waals surface area contributed by atoms with Crippen LogP contribution in [0.5, 0.6) is 0 Å². The first-order chi connectivity index (χ1) is 12.0. The van der Waals surface area contributed by atoms with Gasteiger partial charge in [-0.15, -0.1) is 10.6 Å². The van der Waals surface area contributed by atoms with Crippen molar-refractivity contribution in [3.05, 3.63) is 81.1 Å². The number of amides is 2. The molecule has 1 heterocycles. The number of imide groups is 1. The van der Waals surface area contributed by atoms with Crippen molar-refractivity contribution in [3.8, 4) is 0 Å². The fourth-order valence-electron chi connectivity index (χ4n) is 2.31. The number of nitrogens with zero attached hydrogens (tertiary/aromatic N) is 3. The van der Waals surface area contributed by atoms with Gasteiger partial charge in [-0.2, -0.15) is 0 Å². The third-order valence-electron chi connectivity index (χ3n) is 3.54. The van der Waals surface area contributed by atoms with Crippen LogP contribution in [-0.4, -0.2) is 16.4 Å². The van der Waals surface area contributed by atoms with Crippen LogP contribution in [0.1, 0.15) is 20.7 Å². The first-order valence-corrected chi connectivity index (χ1v) is 8.12. The average Bonchev–Trinajstić information content (AvgIpc) is 2.62. The van der Waals surface area contributed by atoms with Crippen LogP contribution in [0.25, 0.3) is 0 Å². The summed E-state index contributed by atoms with van der Waals surface area (Å²) in [6, 6.07) is 11.0. The molecule has 6 nitrogen and oxygen atoms in total. The lowest BCUT2D eigenvalue weighted by Gasteiger charge is -2.28. The molecule has 1 atom stereocenters. The lowest BCUT2D eigenvalue weighted by Crippen LogP contribution is -2.60. The summed E-state index contributed by atoms with van der Waals surface area (Å²) < 4.78 is -1.02. The molecule has 1 unspecified atom stereocenters. The lowest BCUT2D eigenvalue weighted by molar-refractivity contribution is -0.765. The van der Waals surface area contributed by atoms with E-state index in [9.17, 15) is 9.59 Å². The van der Waals surface area contributed by atoms with Crippen molar-refractivity contribution in [2.45, 2.75) is 0 Å². The van der Waals surface area contributed by atoms with Gasteiger partial charge in [-0.25, -0.2) is 9.59 Å². The summed E-state index contributed by atoms with van der Waals surface area (Å²) in [4.78, 5) is 26.4. The molecule has 0 saturated heterocycles. The number of hydrogen-bond donors (Lipinski definition) is 1. The maximum absolute atomic E-state index is 13.2. The smallest absolute Gasteiger partial charge is 0.222 e. The van der Waals surface area contributed by atoms with Crippen LogP contribution in [-0.2, 0) is 0 Å². The number of rotatable bonds is 2. The Hall–Kier alpha value is -2.25. The van der Waals surface area contributed by atoms with Gasteiger partial charge in [0.05, 0.1) is 15.1 Å². The number of nitrogens with one attached hydrogen (secondary N) is 1. The Morgan fingerprint density at radius 3 is 2.12 bits per heavy atom. The molecule has 9 heteroatoms. The second-order valence-electron chi connectivity index (χ2n) is 5.02. The number of carbonyl (C=O) groups is 2. The first kappa shape index (κ1) is 17.6. The predicted octanol–water partition coefficient (Wildman–Crippen LogP) is 4.80. The van der Waals surface area contributed by atoms with Crippen LogP contribution >= 0.6 is 34.8 Å². The molecule has 3 rings (SSSR count). The third kappa shape index (κ3) is 3.05. The lowest BCUT2D eigenvalue weighted by atomic mass is 10.1. The molecule has 25 heavy (non-hydrogen) atoms. The minimum atomic E-state index is -1.02. The molecule has 0 fully saturated rings. The van der Waals surface area contributed by atoms with E-state index in [-0.39, 0.29) is 26.2 Å². The van der Waals surface area contributed by atoms with Crippen LogP contribution in [0.2, 0.25) is 15.1 Å². The Bertz CT molecular complexity index is 909. The zero-order valence-corrected chi connectivity index (χ0v) is 14.8. The Labute approximate surface area is 157 Å². The van der Waals surface area contributed by atoms with Crippen molar-refractivity contribution in [3.63, 3.8) is 0 Å². The highest BCUT2D eigenvalue weighted by atomic mass is 35.5. The van der Waals surface area contributed by atoms with Crippen LogP contribution in [0.4, 0.5) is 0 Å². The minimum absolute atomic E-state index is 0.0134. The summed E-state index contributed by atoms with van der Waals surface area (Å²) in [5.74, 6) is -1.36. The number of benzene rings is 2. The van der Waals surface area contributed by atoms with Crippen LogP contribution in [0, 0.1) is 0 Å². The standard InChI is InChI=1S/C16H10Cl3N4O2/c17-11-5-2-1-4-10(11)15(24)23(9-8-20-21-22-23)16(25)14-12(18)6-3-7-13(14)19/h1-9H,(H,20,22)/q+1. The van der Waals surface area contributed by atoms with Crippen molar-refractivity contribution in [1.82, 2.24) is 5.53 Å². The van der Waals surface area contributed by atoms with E-state index in [4.69, 9.17) is 34.8 Å². The van der Waals surface area contributed by atoms with E-state index < -0.39 is 16.4 Å². The zero-order valence-electron chi connectivity index (χ0n) is 12.5. The quantitative estimate of drug-likeness (QED) is 0.585. The number of quaternary nitrogens is 1. The van der Waals surface area contributed by atoms with Gasteiger partial charge in [0.15, 0.2) is 6.20 Å². The van der Waals surface area contributed by atoms with E-state index in [1.807, 2.05) is 0 Å². The largest absolute Gasteiger partial charge is 0.387 e. The van der Waals surface area contributed by atoms with Gasteiger partial charge in [0.1, 0.15) is 17.3 Å². The fraction of sp³-hybridized carbons (Fsp3) is 0. The summed E-state index contributed by atoms with van der Waals surface area (Å²) in [6.45, 7) is 0. The van der Waals surface area contributed by atoms with Crippen LogP contribution < -0.4 is 5.53 Å². The monoisotopic (exact) mass is 395 g/mol.